The van der Waals surface area contributed by atoms with E-state index in [0.29, 0.717) is 18.1 Å². The Hall–Kier alpha value is -1.32. The van der Waals surface area contributed by atoms with Crippen molar-refractivity contribution in [1.29, 1.82) is 0 Å². The number of hydrogen-bond acceptors (Lipinski definition) is 3. The molecule has 1 aromatic rings. The van der Waals surface area contributed by atoms with Gasteiger partial charge in [-0.2, -0.15) is 5.10 Å². The SMILES string of the molecule is CC(C)c1nn2c(c1C=O)OCCC2. The summed E-state index contributed by atoms with van der Waals surface area (Å²) in [7, 11) is 0. The normalized spacial score (nSPS) is 15.1. The van der Waals surface area contributed by atoms with E-state index in [9.17, 15) is 4.79 Å². The van der Waals surface area contributed by atoms with Crippen molar-refractivity contribution in [3.05, 3.63) is 11.3 Å². The summed E-state index contributed by atoms with van der Waals surface area (Å²) in [5.41, 5.74) is 1.47. The summed E-state index contributed by atoms with van der Waals surface area (Å²) >= 11 is 0. The van der Waals surface area contributed by atoms with Crippen molar-refractivity contribution in [3.8, 4) is 5.88 Å². The van der Waals surface area contributed by atoms with Crippen LogP contribution in [0.5, 0.6) is 5.88 Å². The summed E-state index contributed by atoms with van der Waals surface area (Å²) < 4.78 is 7.24. The quantitative estimate of drug-likeness (QED) is 0.672. The Bertz CT molecular complexity index is 355. The molecule has 0 aliphatic carbocycles. The molecule has 0 N–H and O–H groups in total. The maximum absolute atomic E-state index is 10.9. The molecule has 0 unspecified atom stereocenters. The number of ether oxygens (including phenoxy) is 1. The minimum Gasteiger partial charge on any atom is -0.477 e. The fourth-order valence-corrected chi connectivity index (χ4v) is 1.70. The highest BCUT2D eigenvalue weighted by molar-refractivity contribution is 5.80. The van der Waals surface area contributed by atoms with Gasteiger partial charge in [-0.1, -0.05) is 13.8 Å². The van der Waals surface area contributed by atoms with E-state index in [2.05, 4.69) is 5.10 Å². The summed E-state index contributed by atoms with van der Waals surface area (Å²) in [6, 6.07) is 0. The third kappa shape index (κ3) is 1.31. The smallest absolute Gasteiger partial charge is 0.222 e. The van der Waals surface area contributed by atoms with Gasteiger partial charge in [0.15, 0.2) is 6.29 Å². The zero-order valence-corrected chi connectivity index (χ0v) is 8.49. The molecule has 1 aliphatic rings. The summed E-state index contributed by atoms with van der Waals surface area (Å²) in [5, 5.41) is 4.38. The zero-order chi connectivity index (χ0) is 10.1. The van der Waals surface area contributed by atoms with Crippen LogP contribution in [0.2, 0.25) is 0 Å². The second-order valence-corrected chi connectivity index (χ2v) is 3.80. The first-order valence-electron chi connectivity index (χ1n) is 4.92. The third-order valence-corrected chi connectivity index (χ3v) is 2.39. The first kappa shape index (κ1) is 9.24. The van der Waals surface area contributed by atoms with Crippen molar-refractivity contribution in [2.45, 2.75) is 32.7 Å². The Balaban J connectivity index is 2.51. The Morgan fingerprint density at radius 3 is 3.00 bits per heavy atom. The Labute approximate surface area is 82.9 Å². The standard InChI is InChI=1S/C10H14N2O2/c1-7(2)9-8(6-13)10-12(11-9)4-3-5-14-10/h6-7H,3-5H2,1-2H3. The highest BCUT2D eigenvalue weighted by Gasteiger charge is 2.22. The van der Waals surface area contributed by atoms with E-state index < -0.39 is 0 Å². The minimum absolute atomic E-state index is 0.261. The van der Waals surface area contributed by atoms with Gasteiger partial charge in [0, 0.05) is 13.0 Å². The van der Waals surface area contributed by atoms with Crippen molar-refractivity contribution in [2.75, 3.05) is 6.61 Å². The number of nitrogens with zero attached hydrogens (tertiary/aromatic N) is 2. The van der Waals surface area contributed by atoms with Gasteiger partial charge in [0.2, 0.25) is 5.88 Å². The van der Waals surface area contributed by atoms with Gasteiger partial charge in [-0.25, -0.2) is 4.68 Å². The summed E-state index contributed by atoms with van der Waals surface area (Å²) in [6.07, 6.45) is 1.81. The molecule has 0 atom stereocenters. The molecule has 0 amide bonds. The van der Waals surface area contributed by atoms with Crippen LogP contribution in [-0.4, -0.2) is 22.7 Å². The molecule has 1 aliphatic heterocycles. The molecule has 14 heavy (non-hydrogen) atoms. The highest BCUT2D eigenvalue weighted by Crippen LogP contribution is 2.28. The molecular formula is C10H14N2O2. The van der Waals surface area contributed by atoms with Crippen LogP contribution in [0, 0.1) is 0 Å². The molecule has 0 saturated heterocycles. The van der Waals surface area contributed by atoms with Crippen LogP contribution in [-0.2, 0) is 6.54 Å². The molecule has 4 heteroatoms. The number of carbonyl (C=O) groups is 1. The van der Waals surface area contributed by atoms with Crippen LogP contribution < -0.4 is 4.74 Å². The van der Waals surface area contributed by atoms with Crippen LogP contribution in [0.3, 0.4) is 0 Å². The van der Waals surface area contributed by atoms with Crippen molar-refractivity contribution in [1.82, 2.24) is 9.78 Å². The lowest BCUT2D eigenvalue weighted by atomic mass is 10.1. The number of aryl methyl sites for hydroxylation is 1. The number of fused-ring (bicyclic) bond motifs is 1. The Kier molecular flexibility index (Phi) is 2.27. The van der Waals surface area contributed by atoms with Gasteiger partial charge < -0.3 is 4.74 Å². The second kappa shape index (κ2) is 3.44. The van der Waals surface area contributed by atoms with Gasteiger partial charge in [0.05, 0.1) is 17.9 Å². The van der Waals surface area contributed by atoms with E-state index >= 15 is 0 Å². The third-order valence-electron chi connectivity index (χ3n) is 2.39. The summed E-state index contributed by atoms with van der Waals surface area (Å²) in [5.74, 6) is 0.909. The summed E-state index contributed by atoms with van der Waals surface area (Å²) in [4.78, 5) is 10.9. The van der Waals surface area contributed by atoms with E-state index in [-0.39, 0.29) is 5.92 Å². The number of rotatable bonds is 2. The summed E-state index contributed by atoms with van der Waals surface area (Å²) in [6.45, 7) is 5.59. The molecule has 0 fully saturated rings. The molecular weight excluding hydrogens is 180 g/mol. The van der Waals surface area contributed by atoms with E-state index in [1.807, 2.05) is 13.8 Å². The van der Waals surface area contributed by atoms with Gasteiger partial charge in [0.1, 0.15) is 0 Å². The van der Waals surface area contributed by atoms with E-state index in [4.69, 9.17) is 4.74 Å². The Morgan fingerprint density at radius 1 is 1.57 bits per heavy atom. The predicted octanol–water partition coefficient (Wildman–Crippen LogP) is 1.60. The van der Waals surface area contributed by atoms with E-state index in [0.717, 1.165) is 24.9 Å². The van der Waals surface area contributed by atoms with Gasteiger partial charge in [-0.15, -0.1) is 0 Å². The van der Waals surface area contributed by atoms with E-state index in [1.165, 1.54) is 0 Å². The monoisotopic (exact) mass is 194 g/mol. The van der Waals surface area contributed by atoms with Gasteiger partial charge >= 0.3 is 0 Å². The van der Waals surface area contributed by atoms with Crippen LogP contribution in [0.1, 0.15) is 42.2 Å². The van der Waals surface area contributed by atoms with Crippen molar-refractivity contribution in [3.63, 3.8) is 0 Å². The molecule has 0 aromatic carbocycles. The van der Waals surface area contributed by atoms with Gasteiger partial charge in [-0.3, -0.25) is 4.79 Å². The van der Waals surface area contributed by atoms with Gasteiger partial charge in [-0.05, 0) is 5.92 Å². The largest absolute Gasteiger partial charge is 0.477 e. The molecule has 2 heterocycles. The van der Waals surface area contributed by atoms with Crippen molar-refractivity contribution < 1.29 is 9.53 Å². The van der Waals surface area contributed by atoms with E-state index in [1.54, 1.807) is 4.68 Å². The molecule has 1 aromatic heterocycles. The number of carbonyl (C=O) groups excluding carboxylic acids is 1. The molecule has 0 bridgehead atoms. The minimum atomic E-state index is 0.261. The van der Waals surface area contributed by atoms with Crippen LogP contribution in [0.25, 0.3) is 0 Å². The van der Waals surface area contributed by atoms with Crippen LogP contribution in [0.4, 0.5) is 0 Å². The molecule has 4 nitrogen and oxygen atoms in total. The predicted molar refractivity (Wildman–Crippen MR) is 51.8 cm³/mol. The molecule has 0 spiro atoms. The number of aromatic nitrogens is 2. The molecule has 0 saturated carbocycles. The Morgan fingerprint density at radius 2 is 2.36 bits per heavy atom. The number of hydrogen-bond donors (Lipinski definition) is 0. The molecule has 0 radical (unpaired) electrons. The number of aldehydes is 1. The lowest BCUT2D eigenvalue weighted by molar-refractivity contribution is 0.111. The van der Waals surface area contributed by atoms with Crippen molar-refractivity contribution in [2.24, 2.45) is 0 Å². The van der Waals surface area contributed by atoms with Gasteiger partial charge in [0.25, 0.3) is 0 Å². The maximum atomic E-state index is 10.9. The average Bonchev–Trinajstić information content (AvgIpc) is 2.56. The van der Waals surface area contributed by atoms with Crippen LogP contribution in [0.15, 0.2) is 0 Å². The van der Waals surface area contributed by atoms with Crippen LogP contribution >= 0.6 is 0 Å². The zero-order valence-electron chi connectivity index (χ0n) is 8.49. The van der Waals surface area contributed by atoms with Crippen molar-refractivity contribution >= 4 is 6.29 Å². The first-order chi connectivity index (χ1) is 6.74. The maximum Gasteiger partial charge on any atom is 0.222 e. The molecule has 76 valence electrons. The topological polar surface area (TPSA) is 44.1 Å². The fourth-order valence-electron chi connectivity index (χ4n) is 1.70. The first-order valence-corrected chi connectivity index (χ1v) is 4.92. The lowest BCUT2D eigenvalue weighted by Gasteiger charge is -2.14. The lowest BCUT2D eigenvalue weighted by Crippen LogP contribution is -2.15. The molecule has 2 rings (SSSR count). The average molecular weight is 194 g/mol. The highest BCUT2D eigenvalue weighted by atomic mass is 16.5. The second-order valence-electron chi connectivity index (χ2n) is 3.80. The fraction of sp³-hybridized carbons (Fsp3) is 0.600.